The molecule has 2 N–H and O–H groups in total. The summed E-state index contributed by atoms with van der Waals surface area (Å²) in [5, 5.41) is 19.6. The molecule has 0 amide bonds. The fourth-order valence-electron chi connectivity index (χ4n) is 9.21. The second-order valence-electron chi connectivity index (χ2n) is 13.7. The predicted octanol–water partition coefficient (Wildman–Crippen LogP) is 7.97. The van der Waals surface area contributed by atoms with Gasteiger partial charge in [0.05, 0.1) is 11.0 Å². The standard InChI is InChI=1S/C40H44O6/c1-2-25(22-26-12-7-6-8-13-26)23-33-40-20-19-29(34(37(40)39(44)46-33)27-14-11-15-28(42)24-27)30-17-18-31-32(16-9-4-3-5-10-21-41)45-38(43)35(31)36(30)40/h6-8,11-16,23-25,29-30,36,41-42H,2-5,9-10,17-22H2,1H3/t25-,29+,30+,36+,40+/m0/s1. The van der Waals surface area contributed by atoms with Gasteiger partial charge in [-0.15, -0.1) is 0 Å². The van der Waals surface area contributed by atoms with E-state index >= 15 is 0 Å². The minimum absolute atomic E-state index is 0.0864. The molecule has 4 aliphatic carbocycles. The van der Waals surface area contributed by atoms with Crippen LogP contribution in [0.25, 0.3) is 5.57 Å². The van der Waals surface area contributed by atoms with Crippen molar-refractivity contribution in [1.82, 2.24) is 0 Å². The van der Waals surface area contributed by atoms with Gasteiger partial charge < -0.3 is 19.7 Å². The van der Waals surface area contributed by atoms with Crippen LogP contribution in [0, 0.1) is 29.1 Å². The van der Waals surface area contributed by atoms with E-state index in [4.69, 9.17) is 14.6 Å². The minimum Gasteiger partial charge on any atom is -0.508 e. The minimum atomic E-state index is -0.749. The van der Waals surface area contributed by atoms with Crippen molar-refractivity contribution < 1.29 is 29.3 Å². The van der Waals surface area contributed by atoms with Gasteiger partial charge in [0, 0.05) is 23.7 Å². The van der Waals surface area contributed by atoms with Gasteiger partial charge in [-0.3, -0.25) is 0 Å². The number of benzene rings is 2. The van der Waals surface area contributed by atoms with Crippen LogP contribution in [0.15, 0.2) is 95.0 Å². The van der Waals surface area contributed by atoms with Crippen LogP contribution in [0.1, 0.15) is 82.3 Å². The summed E-state index contributed by atoms with van der Waals surface area (Å²) in [5.41, 5.74) is 4.79. The fourth-order valence-corrected chi connectivity index (χ4v) is 9.21. The molecular formula is C40H44O6. The van der Waals surface area contributed by atoms with E-state index in [9.17, 15) is 14.7 Å². The summed E-state index contributed by atoms with van der Waals surface area (Å²) in [7, 11) is 0. The molecule has 2 aromatic rings. The smallest absolute Gasteiger partial charge is 0.340 e. The topological polar surface area (TPSA) is 93.1 Å². The Labute approximate surface area is 271 Å². The van der Waals surface area contributed by atoms with E-state index in [1.807, 2.05) is 18.2 Å². The predicted molar refractivity (Wildman–Crippen MR) is 176 cm³/mol. The molecule has 1 spiro atoms. The van der Waals surface area contributed by atoms with E-state index in [0.29, 0.717) is 17.1 Å². The molecular weight excluding hydrogens is 576 g/mol. The van der Waals surface area contributed by atoms with E-state index in [0.717, 1.165) is 92.9 Å². The Morgan fingerprint density at radius 1 is 0.957 bits per heavy atom. The first-order valence-electron chi connectivity index (χ1n) is 17.2. The molecule has 2 heterocycles. The van der Waals surface area contributed by atoms with Crippen molar-refractivity contribution in [1.29, 1.82) is 0 Å². The van der Waals surface area contributed by atoms with Crippen molar-refractivity contribution in [3.05, 3.63) is 106 Å². The lowest BCUT2D eigenvalue weighted by molar-refractivity contribution is -0.135. The van der Waals surface area contributed by atoms with Gasteiger partial charge in [0.15, 0.2) is 0 Å². The van der Waals surface area contributed by atoms with Gasteiger partial charge in [-0.2, -0.15) is 0 Å². The van der Waals surface area contributed by atoms with Gasteiger partial charge in [0.25, 0.3) is 0 Å². The molecule has 5 atom stereocenters. The largest absolute Gasteiger partial charge is 0.508 e. The Hall–Kier alpha value is -3.90. The van der Waals surface area contributed by atoms with Crippen molar-refractivity contribution in [3.63, 3.8) is 0 Å². The lowest BCUT2D eigenvalue weighted by Gasteiger charge is -2.56. The molecule has 46 heavy (non-hydrogen) atoms. The van der Waals surface area contributed by atoms with Gasteiger partial charge >= 0.3 is 11.9 Å². The van der Waals surface area contributed by atoms with Crippen LogP contribution in [0.4, 0.5) is 0 Å². The van der Waals surface area contributed by atoms with Crippen molar-refractivity contribution in [2.75, 3.05) is 6.61 Å². The zero-order valence-electron chi connectivity index (χ0n) is 26.7. The lowest BCUT2D eigenvalue weighted by Crippen LogP contribution is -2.52. The summed E-state index contributed by atoms with van der Waals surface area (Å²) < 4.78 is 12.4. The van der Waals surface area contributed by atoms with Crippen molar-refractivity contribution >= 4 is 17.5 Å². The molecule has 240 valence electrons. The number of carbonyl (C=O) groups excluding carboxylic acids is 2. The van der Waals surface area contributed by atoms with Crippen LogP contribution >= 0.6 is 0 Å². The summed E-state index contributed by atoms with van der Waals surface area (Å²) in [6.07, 6.45) is 13.9. The van der Waals surface area contributed by atoms with E-state index < -0.39 is 5.41 Å². The third-order valence-electron chi connectivity index (χ3n) is 11.2. The van der Waals surface area contributed by atoms with Gasteiger partial charge in [-0.25, -0.2) is 9.59 Å². The Morgan fingerprint density at radius 3 is 2.57 bits per heavy atom. The monoisotopic (exact) mass is 620 g/mol. The lowest BCUT2D eigenvalue weighted by atomic mass is 9.44. The highest BCUT2D eigenvalue weighted by Crippen LogP contribution is 2.71. The molecule has 2 aromatic carbocycles. The first-order chi connectivity index (χ1) is 22.5. The molecule has 0 radical (unpaired) electrons. The van der Waals surface area contributed by atoms with Gasteiger partial charge in [0.2, 0.25) is 0 Å². The van der Waals surface area contributed by atoms with Crippen LogP contribution in [-0.2, 0) is 25.5 Å². The summed E-state index contributed by atoms with van der Waals surface area (Å²) in [6, 6.07) is 17.7. The fraction of sp³-hybridized carbons (Fsp3) is 0.450. The van der Waals surface area contributed by atoms with Crippen molar-refractivity contribution in [2.24, 2.45) is 29.1 Å². The number of phenolic OH excluding ortho intramolecular Hbond substituents is 1. The molecule has 0 unspecified atom stereocenters. The van der Waals surface area contributed by atoms with Crippen LogP contribution in [0.3, 0.4) is 0 Å². The number of allylic oxidation sites excluding steroid dienone is 5. The number of esters is 2. The SMILES string of the molecule is CC[C@H](C=C1OC(=O)C2=C(c3cccc(O)c3)[C@@H]3CC[C@]12[C@H]1C2=C(CC[C@H]31)C(=CCCCCCCO)OC2=O)Cc1ccccc1. The van der Waals surface area contributed by atoms with Crippen LogP contribution < -0.4 is 0 Å². The summed E-state index contributed by atoms with van der Waals surface area (Å²) in [5.74, 6) is 1.19. The molecule has 2 aliphatic heterocycles. The molecule has 6 heteroatoms. The molecule has 8 rings (SSSR count). The zero-order valence-corrected chi connectivity index (χ0v) is 26.7. The maximum atomic E-state index is 14.1. The van der Waals surface area contributed by atoms with Crippen LogP contribution in [0.5, 0.6) is 5.75 Å². The maximum absolute atomic E-state index is 14.1. The highest BCUT2D eigenvalue weighted by Gasteiger charge is 2.68. The molecule has 2 bridgehead atoms. The third kappa shape index (κ3) is 5.15. The second kappa shape index (κ2) is 12.7. The number of phenols is 1. The maximum Gasteiger partial charge on any atom is 0.340 e. The molecule has 2 fully saturated rings. The Bertz CT molecular complexity index is 1640. The van der Waals surface area contributed by atoms with E-state index in [2.05, 4.69) is 43.3 Å². The Kier molecular flexibility index (Phi) is 8.50. The van der Waals surface area contributed by atoms with Gasteiger partial charge in [0.1, 0.15) is 17.3 Å². The summed E-state index contributed by atoms with van der Waals surface area (Å²) >= 11 is 0. The number of aliphatic hydroxyl groups is 1. The van der Waals surface area contributed by atoms with Crippen LogP contribution in [-0.4, -0.2) is 28.8 Å². The molecule has 1 saturated carbocycles. The number of cyclic esters (lactones) is 2. The normalized spacial score (nSPS) is 28.8. The Balaban J connectivity index is 1.34. The van der Waals surface area contributed by atoms with Gasteiger partial charge in [-0.05, 0) is 117 Å². The van der Waals surface area contributed by atoms with E-state index in [1.165, 1.54) is 5.56 Å². The first kappa shape index (κ1) is 30.7. The van der Waals surface area contributed by atoms with Crippen LogP contribution in [0.2, 0.25) is 0 Å². The number of fused-ring (bicyclic) bond motifs is 1. The summed E-state index contributed by atoms with van der Waals surface area (Å²) in [4.78, 5) is 28.0. The van der Waals surface area contributed by atoms with Crippen molar-refractivity contribution in [3.8, 4) is 5.75 Å². The highest BCUT2D eigenvalue weighted by atomic mass is 16.5. The Morgan fingerprint density at radius 2 is 1.78 bits per heavy atom. The molecule has 6 aliphatic rings. The number of unbranched alkanes of at least 4 members (excludes halogenated alkanes) is 4. The number of aliphatic hydroxyl groups excluding tert-OH is 1. The highest BCUT2D eigenvalue weighted by molar-refractivity contribution is 6.06. The quantitative estimate of drug-likeness (QED) is 0.196. The average molecular weight is 621 g/mol. The number of rotatable bonds is 11. The molecule has 6 nitrogen and oxygen atoms in total. The first-order valence-corrected chi connectivity index (χ1v) is 17.2. The van der Waals surface area contributed by atoms with E-state index in [-0.39, 0.29) is 48.0 Å². The molecule has 1 saturated heterocycles. The van der Waals surface area contributed by atoms with Crippen molar-refractivity contribution in [2.45, 2.75) is 77.6 Å². The average Bonchev–Trinajstić information content (AvgIpc) is 3.55. The molecule has 0 aromatic heterocycles. The van der Waals surface area contributed by atoms with E-state index in [1.54, 1.807) is 12.1 Å². The number of hydrogen-bond donors (Lipinski definition) is 2. The second-order valence-corrected chi connectivity index (χ2v) is 13.7. The number of ether oxygens (including phenoxy) is 2. The summed E-state index contributed by atoms with van der Waals surface area (Å²) in [6.45, 7) is 2.39. The van der Waals surface area contributed by atoms with Gasteiger partial charge in [-0.1, -0.05) is 62.2 Å². The number of hydrogen-bond acceptors (Lipinski definition) is 6. The zero-order chi connectivity index (χ0) is 31.8. The number of aromatic hydroxyl groups is 1. The third-order valence-corrected chi connectivity index (χ3v) is 11.2. The number of carbonyl (C=O) groups is 2.